The molecule has 33 heavy (non-hydrogen) atoms. The van der Waals surface area contributed by atoms with E-state index in [2.05, 4.69) is 26.1 Å². The number of hydrogen-bond donors (Lipinski definition) is 1. The van der Waals surface area contributed by atoms with Crippen molar-refractivity contribution in [3.8, 4) is 11.5 Å². The Morgan fingerprint density at radius 1 is 1.00 bits per heavy atom. The summed E-state index contributed by atoms with van der Waals surface area (Å²) in [6.07, 6.45) is 0. The predicted octanol–water partition coefficient (Wildman–Crippen LogP) is 4.70. The third-order valence-electron chi connectivity index (χ3n) is 5.20. The number of carbonyl (C=O) groups excluding carboxylic acids is 2. The van der Waals surface area contributed by atoms with Crippen LogP contribution in [0.4, 0.5) is 0 Å². The van der Waals surface area contributed by atoms with Crippen molar-refractivity contribution in [1.82, 2.24) is 10.2 Å². The zero-order chi connectivity index (χ0) is 24.8. The van der Waals surface area contributed by atoms with Gasteiger partial charge in [0, 0.05) is 12.1 Å². The molecule has 0 aromatic heterocycles. The van der Waals surface area contributed by atoms with E-state index in [1.54, 1.807) is 18.9 Å². The van der Waals surface area contributed by atoms with E-state index in [1.165, 1.54) is 0 Å². The summed E-state index contributed by atoms with van der Waals surface area (Å²) in [4.78, 5) is 27.8. The van der Waals surface area contributed by atoms with Crippen molar-refractivity contribution in [3.63, 3.8) is 0 Å². The van der Waals surface area contributed by atoms with E-state index >= 15 is 0 Å². The average Bonchev–Trinajstić information content (AvgIpc) is 2.73. The first-order chi connectivity index (χ1) is 15.3. The van der Waals surface area contributed by atoms with E-state index in [0.717, 1.165) is 11.1 Å². The maximum absolute atomic E-state index is 13.3. The second-order valence-corrected chi connectivity index (χ2v) is 10.3. The van der Waals surface area contributed by atoms with Crippen LogP contribution in [0.1, 0.15) is 59.6 Å². The Morgan fingerprint density at radius 2 is 1.67 bits per heavy atom. The largest absolute Gasteiger partial charge is 0.497 e. The molecule has 0 unspecified atom stereocenters. The number of nitrogens with one attached hydrogen (secondary N) is 1. The van der Waals surface area contributed by atoms with Gasteiger partial charge in [0.2, 0.25) is 5.91 Å². The van der Waals surface area contributed by atoms with E-state index in [1.807, 2.05) is 69.3 Å². The van der Waals surface area contributed by atoms with Crippen LogP contribution in [0.5, 0.6) is 11.5 Å². The van der Waals surface area contributed by atoms with Crippen LogP contribution < -0.4 is 14.8 Å². The molecule has 0 heterocycles. The molecule has 1 N–H and O–H groups in total. The molecule has 0 aliphatic carbocycles. The number of carbonyl (C=O) groups is 2. The van der Waals surface area contributed by atoms with Crippen molar-refractivity contribution in [3.05, 3.63) is 59.7 Å². The monoisotopic (exact) mass is 454 g/mol. The molecule has 6 heteroatoms. The van der Waals surface area contributed by atoms with Crippen molar-refractivity contribution in [2.45, 2.75) is 72.0 Å². The fourth-order valence-electron chi connectivity index (χ4n) is 3.46. The fraction of sp³-hybridized carbons (Fsp3) is 0.481. The predicted molar refractivity (Wildman–Crippen MR) is 132 cm³/mol. The molecule has 2 rings (SSSR count). The van der Waals surface area contributed by atoms with Gasteiger partial charge in [-0.05, 0) is 62.4 Å². The highest BCUT2D eigenvalue weighted by Crippen LogP contribution is 2.31. The molecule has 6 nitrogen and oxygen atoms in total. The van der Waals surface area contributed by atoms with Gasteiger partial charge in [-0.15, -0.1) is 0 Å². The first-order valence-corrected chi connectivity index (χ1v) is 11.3. The number of rotatable bonds is 8. The van der Waals surface area contributed by atoms with Gasteiger partial charge in [-0.25, -0.2) is 0 Å². The van der Waals surface area contributed by atoms with Crippen molar-refractivity contribution in [1.29, 1.82) is 0 Å². The number of ether oxygens (including phenoxy) is 2. The fourth-order valence-corrected chi connectivity index (χ4v) is 3.46. The summed E-state index contributed by atoms with van der Waals surface area (Å²) in [6.45, 7) is 13.9. The molecular weight excluding hydrogens is 416 g/mol. The maximum atomic E-state index is 13.3. The molecule has 2 aromatic rings. The van der Waals surface area contributed by atoms with E-state index in [-0.39, 0.29) is 30.4 Å². The molecule has 2 amide bonds. The SMILES string of the molecule is COc1cccc(CN(C(=O)COc2ccccc2C(C)(C)C)[C@@H](C)C(=O)NC(C)(C)C)c1. The topological polar surface area (TPSA) is 67.9 Å². The van der Waals surface area contributed by atoms with Gasteiger partial charge in [0.05, 0.1) is 7.11 Å². The second-order valence-electron chi connectivity index (χ2n) is 10.3. The minimum absolute atomic E-state index is 0.125. The van der Waals surface area contributed by atoms with Crippen molar-refractivity contribution in [2.24, 2.45) is 0 Å². The molecule has 0 fully saturated rings. The standard InChI is InChI=1S/C27H38N2O4/c1-19(25(31)28-27(5,6)7)29(17-20-12-11-13-21(16-20)32-8)24(30)18-33-23-15-10-9-14-22(23)26(2,3)4/h9-16,19H,17-18H2,1-8H3,(H,28,31)/t19-/m0/s1. The molecule has 0 aliphatic heterocycles. The number of para-hydroxylation sites is 1. The number of amides is 2. The van der Waals surface area contributed by atoms with E-state index < -0.39 is 11.6 Å². The van der Waals surface area contributed by atoms with Gasteiger partial charge < -0.3 is 19.7 Å². The lowest BCUT2D eigenvalue weighted by Crippen LogP contribution is -2.53. The zero-order valence-corrected chi connectivity index (χ0v) is 21.2. The van der Waals surface area contributed by atoms with Gasteiger partial charge in [-0.1, -0.05) is 51.1 Å². The minimum atomic E-state index is -0.676. The number of nitrogens with zero attached hydrogens (tertiary/aromatic N) is 1. The molecule has 0 saturated heterocycles. The summed E-state index contributed by atoms with van der Waals surface area (Å²) in [6, 6.07) is 14.5. The molecular formula is C27H38N2O4. The highest BCUT2D eigenvalue weighted by Gasteiger charge is 2.29. The van der Waals surface area contributed by atoms with Crippen molar-refractivity contribution >= 4 is 11.8 Å². The third kappa shape index (κ3) is 7.81. The highest BCUT2D eigenvalue weighted by molar-refractivity contribution is 5.88. The van der Waals surface area contributed by atoms with Crippen molar-refractivity contribution in [2.75, 3.05) is 13.7 Å². The zero-order valence-electron chi connectivity index (χ0n) is 21.2. The van der Waals surface area contributed by atoms with Crippen LogP contribution in [-0.2, 0) is 21.5 Å². The summed E-state index contributed by atoms with van der Waals surface area (Å²) in [5.74, 6) is 0.889. The molecule has 0 radical (unpaired) electrons. The Kier molecular flexibility index (Phi) is 8.53. The van der Waals surface area contributed by atoms with Crippen molar-refractivity contribution < 1.29 is 19.1 Å². The normalized spacial score (nSPS) is 12.6. The molecule has 0 spiro atoms. The van der Waals surface area contributed by atoms with Crippen LogP contribution in [0.2, 0.25) is 0 Å². The Hall–Kier alpha value is -3.02. The average molecular weight is 455 g/mol. The molecule has 1 atom stereocenters. The van der Waals surface area contributed by atoms with Gasteiger partial charge in [-0.2, -0.15) is 0 Å². The lowest BCUT2D eigenvalue weighted by Gasteiger charge is -2.31. The molecule has 0 aliphatic rings. The lowest BCUT2D eigenvalue weighted by atomic mass is 9.86. The quantitative estimate of drug-likeness (QED) is 0.628. The third-order valence-corrected chi connectivity index (χ3v) is 5.20. The minimum Gasteiger partial charge on any atom is -0.497 e. The van der Waals surface area contributed by atoms with Crippen LogP contribution in [0, 0.1) is 0 Å². The van der Waals surface area contributed by atoms with Gasteiger partial charge in [0.1, 0.15) is 17.5 Å². The maximum Gasteiger partial charge on any atom is 0.261 e. The number of benzene rings is 2. The van der Waals surface area contributed by atoms with Crippen LogP contribution in [-0.4, -0.2) is 42.0 Å². The molecule has 0 bridgehead atoms. The first-order valence-electron chi connectivity index (χ1n) is 11.3. The van der Waals surface area contributed by atoms with Gasteiger partial charge in [-0.3, -0.25) is 9.59 Å². The van der Waals surface area contributed by atoms with E-state index in [0.29, 0.717) is 11.5 Å². The van der Waals surface area contributed by atoms with E-state index in [9.17, 15) is 9.59 Å². The molecule has 2 aromatic carbocycles. The van der Waals surface area contributed by atoms with Gasteiger partial charge in [0.15, 0.2) is 6.61 Å². The Balaban J connectivity index is 2.27. The van der Waals surface area contributed by atoms with Crippen LogP contribution >= 0.6 is 0 Å². The summed E-state index contributed by atoms with van der Waals surface area (Å²) in [7, 11) is 1.60. The van der Waals surface area contributed by atoms with Crippen LogP contribution in [0.15, 0.2) is 48.5 Å². The molecule has 0 saturated carbocycles. The summed E-state index contributed by atoms with van der Waals surface area (Å²) in [5.41, 5.74) is 1.36. The summed E-state index contributed by atoms with van der Waals surface area (Å²) >= 11 is 0. The number of methoxy groups -OCH3 is 1. The summed E-state index contributed by atoms with van der Waals surface area (Å²) < 4.78 is 11.3. The Morgan fingerprint density at radius 3 is 2.27 bits per heavy atom. The lowest BCUT2D eigenvalue weighted by molar-refractivity contribution is -0.142. The van der Waals surface area contributed by atoms with E-state index in [4.69, 9.17) is 9.47 Å². The smallest absolute Gasteiger partial charge is 0.261 e. The number of hydrogen-bond acceptors (Lipinski definition) is 4. The first kappa shape index (κ1) is 26.2. The Labute approximate surface area is 198 Å². The Bertz CT molecular complexity index is 957. The highest BCUT2D eigenvalue weighted by atomic mass is 16.5. The van der Waals surface area contributed by atoms with Crippen LogP contribution in [0.3, 0.4) is 0 Å². The molecule has 180 valence electrons. The van der Waals surface area contributed by atoms with Crippen LogP contribution in [0.25, 0.3) is 0 Å². The van der Waals surface area contributed by atoms with Gasteiger partial charge in [0.25, 0.3) is 5.91 Å². The van der Waals surface area contributed by atoms with Gasteiger partial charge >= 0.3 is 0 Å². The second kappa shape index (κ2) is 10.7. The summed E-state index contributed by atoms with van der Waals surface area (Å²) in [5, 5.41) is 2.97.